The van der Waals surface area contributed by atoms with Gasteiger partial charge in [0, 0.05) is 0 Å². The Kier molecular flexibility index (Phi) is 3.24. The van der Waals surface area contributed by atoms with Gasteiger partial charge in [0.25, 0.3) is 6.01 Å². The fourth-order valence-corrected chi connectivity index (χ4v) is 1.63. The van der Waals surface area contributed by atoms with Crippen LogP contribution in [0.25, 0.3) is 0 Å². The average molecular weight is 268 g/mol. The van der Waals surface area contributed by atoms with E-state index < -0.39 is 0 Å². The van der Waals surface area contributed by atoms with Crippen molar-refractivity contribution in [1.82, 2.24) is 4.98 Å². The first-order valence-corrected chi connectivity index (χ1v) is 6.03. The molecule has 0 radical (unpaired) electrons. The Morgan fingerprint density at radius 1 is 0.800 bits per heavy atom. The maximum atomic E-state index is 5.59. The van der Waals surface area contributed by atoms with Gasteiger partial charge < -0.3 is 19.6 Å². The molecule has 0 fully saturated rings. The van der Waals surface area contributed by atoms with Gasteiger partial charge in [0.1, 0.15) is 11.5 Å². The Morgan fingerprint density at radius 2 is 1.35 bits per heavy atom. The fourth-order valence-electron chi connectivity index (χ4n) is 1.63. The quantitative estimate of drug-likeness (QED) is 0.778. The molecule has 2 N–H and O–H groups in total. The number of hydrogen-bond donors (Lipinski definition) is 1. The van der Waals surface area contributed by atoms with Gasteiger partial charge in [-0.15, -0.1) is 0 Å². The predicted octanol–water partition coefficient (Wildman–Crippen LogP) is 3.84. The Labute approximate surface area is 115 Å². The molecule has 0 saturated carbocycles. The van der Waals surface area contributed by atoms with Gasteiger partial charge in [-0.1, -0.05) is 36.4 Å². The second kappa shape index (κ2) is 5.36. The van der Waals surface area contributed by atoms with E-state index in [0.717, 1.165) is 0 Å². The van der Waals surface area contributed by atoms with Crippen molar-refractivity contribution in [2.75, 3.05) is 5.73 Å². The molecule has 0 spiro atoms. The number of anilines is 1. The number of nitrogens with two attached hydrogens (primary N) is 1. The first-order chi connectivity index (χ1) is 9.81. The number of benzene rings is 2. The van der Waals surface area contributed by atoms with E-state index in [-0.39, 0.29) is 17.8 Å². The SMILES string of the molecule is Nc1nc(Oc2ccccc2)c(Oc2ccccc2)o1. The Bertz CT molecular complexity index is 622. The molecule has 3 rings (SSSR count). The van der Waals surface area contributed by atoms with Gasteiger partial charge >= 0.3 is 11.8 Å². The minimum Gasteiger partial charge on any atom is -0.433 e. The van der Waals surface area contributed by atoms with Crippen LogP contribution >= 0.6 is 0 Å². The van der Waals surface area contributed by atoms with Crippen LogP contribution in [-0.2, 0) is 0 Å². The van der Waals surface area contributed by atoms with Crippen LogP contribution in [0.2, 0.25) is 0 Å². The lowest BCUT2D eigenvalue weighted by Crippen LogP contribution is -1.88. The van der Waals surface area contributed by atoms with Crippen molar-refractivity contribution in [2.24, 2.45) is 0 Å². The molecule has 2 aromatic carbocycles. The lowest BCUT2D eigenvalue weighted by molar-refractivity contribution is 0.328. The highest BCUT2D eigenvalue weighted by Crippen LogP contribution is 2.35. The smallest absolute Gasteiger partial charge is 0.358 e. The fraction of sp³-hybridized carbons (Fsp3) is 0. The van der Waals surface area contributed by atoms with Crippen molar-refractivity contribution in [2.45, 2.75) is 0 Å². The van der Waals surface area contributed by atoms with E-state index in [1.165, 1.54) is 0 Å². The first-order valence-electron chi connectivity index (χ1n) is 6.03. The van der Waals surface area contributed by atoms with E-state index in [2.05, 4.69) is 4.98 Å². The lowest BCUT2D eigenvalue weighted by Gasteiger charge is -2.04. The van der Waals surface area contributed by atoms with Crippen LogP contribution in [0.3, 0.4) is 0 Å². The van der Waals surface area contributed by atoms with Crippen LogP contribution < -0.4 is 15.2 Å². The second-order valence-electron chi connectivity index (χ2n) is 3.97. The van der Waals surface area contributed by atoms with Crippen molar-refractivity contribution in [3.05, 3.63) is 60.7 Å². The summed E-state index contributed by atoms with van der Waals surface area (Å²) in [5.41, 5.74) is 5.55. The van der Waals surface area contributed by atoms with Crippen LogP contribution in [0.4, 0.5) is 6.01 Å². The summed E-state index contributed by atoms with van der Waals surface area (Å²) in [5, 5.41) is 0. The molecule has 0 aliphatic rings. The van der Waals surface area contributed by atoms with Gasteiger partial charge in [-0.2, -0.15) is 4.98 Å². The molecule has 5 heteroatoms. The molecule has 1 aromatic heterocycles. The molecule has 1 heterocycles. The normalized spacial score (nSPS) is 10.2. The Balaban J connectivity index is 1.85. The standard InChI is InChI=1S/C15H12N2O3/c16-15-17-13(18-11-7-3-1-4-8-11)14(20-15)19-12-9-5-2-6-10-12/h1-10H,(H2,16,17). The molecule has 3 aromatic rings. The number of para-hydroxylation sites is 2. The molecule has 0 amide bonds. The molecule has 0 bridgehead atoms. The number of aromatic nitrogens is 1. The van der Waals surface area contributed by atoms with Gasteiger partial charge in [0.2, 0.25) is 0 Å². The van der Waals surface area contributed by atoms with Gasteiger partial charge in [-0.25, -0.2) is 0 Å². The van der Waals surface area contributed by atoms with Crippen molar-refractivity contribution in [3.8, 4) is 23.3 Å². The predicted molar refractivity (Wildman–Crippen MR) is 73.9 cm³/mol. The highest BCUT2D eigenvalue weighted by Gasteiger charge is 2.16. The highest BCUT2D eigenvalue weighted by atomic mass is 16.6. The van der Waals surface area contributed by atoms with Crippen LogP contribution in [-0.4, -0.2) is 4.98 Å². The van der Waals surface area contributed by atoms with Gasteiger partial charge in [-0.3, -0.25) is 0 Å². The third-order valence-electron chi connectivity index (χ3n) is 2.50. The summed E-state index contributed by atoms with van der Waals surface area (Å²) < 4.78 is 16.4. The number of hydrogen-bond acceptors (Lipinski definition) is 5. The van der Waals surface area contributed by atoms with Crippen molar-refractivity contribution >= 4 is 6.01 Å². The first kappa shape index (κ1) is 12.1. The summed E-state index contributed by atoms with van der Waals surface area (Å²) in [6, 6.07) is 18.4. The van der Waals surface area contributed by atoms with Crippen LogP contribution in [0.5, 0.6) is 23.3 Å². The van der Waals surface area contributed by atoms with Gasteiger partial charge in [-0.05, 0) is 24.3 Å². The zero-order valence-corrected chi connectivity index (χ0v) is 10.5. The molecule has 20 heavy (non-hydrogen) atoms. The lowest BCUT2D eigenvalue weighted by atomic mass is 10.3. The third-order valence-corrected chi connectivity index (χ3v) is 2.50. The monoisotopic (exact) mass is 268 g/mol. The third kappa shape index (κ3) is 2.72. The highest BCUT2D eigenvalue weighted by molar-refractivity contribution is 5.38. The summed E-state index contributed by atoms with van der Waals surface area (Å²) in [7, 11) is 0. The van der Waals surface area contributed by atoms with Crippen molar-refractivity contribution in [3.63, 3.8) is 0 Å². The largest absolute Gasteiger partial charge is 0.433 e. The number of ether oxygens (including phenoxy) is 2. The van der Waals surface area contributed by atoms with E-state index in [1.54, 1.807) is 24.3 Å². The van der Waals surface area contributed by atoms with Crippen LogP contribution in [0.1, 0.15) is 0 Å². The van der Waals surface area contributed by atoms with Gasteiger partial charge in [0.05, 0.1) is 0 Å². The maximum Gasteiger partial charge on any atom is 0.358 e. The molecule has 0 unspecified atom stereocenters. The van der Waals surface area contributed by atoms with E-state index in [1.807, 2.05) is 36.4 Å². The summed E-state index contributed by atoms with van der Waals surface area (Å²) in [4.78, 5) is 3.97. The minimum absolute atomic E-state index is 0.0122. The zero-order chi connectivity index (χ0) is 13.8. The van der Waals surface area contributed by atoms with Crippen molar-refractivity contribution < 1.29 is 13.9 Å². The molecule has 0 aliphatic carbocycles. The topological polar surface area (TPSA) is 70.5 Å². The molecule has 0 aliphatic heterocycles. The van der Waals surface area contributed by atoms with E-state index in [9.17, 15) is 0 Å². The molecular weight excluding hydrogens is 256 g/mol. The van der Waals surface area contributed by atoms with Crippen LogP contribution in [0, 0.1) is 0 Å². The summed E-state index contributed by atoms with van der Waals surface area (Å²) in [5.74, 6) is 1.55. The summed E-state index contributed by atoms with van der Waals surface area (Å²) in [6.07, 6.45) is 0. The molecular formula is C15H12N2O3. The Morgan fingerprint density at radius 3 is 1.95 bits per heavy atom. The van der Waals surface area contributed by atoms with Crippen LogP contribution in [0.15, 0.2) is 65.1 Å². The molecule has 100 valence electrons. The van der Waals surface area contributed by atoms with E-state index in [0.29, 0.717) is 11.5 Å². The average Bonchev–Trinajstić information content (AvgIpc) is 2.81. The second-order valence-corrected chi connectivity index (χ2v) is 3.97. The molecule has 5 nitrogen and oxygen atoms in total. The van der Waals surface area contributed by atoms with E-state index >= 15 is 0 Å². The minimum atomic E-state index is -0.0122. The van der Waals surface area contributed by atoms with Crippen molar-refractivity contribution in [1.29, 1.82) is 0 Å². The van der Waals surface area contributed by atoms with Gasteiger partial charge in [0.15, 0.2) is 0 Å². The zero-order valence-electron chi connectivity index (χ0n) is 10.5. The van der Waals surface area contributed by atoms with E-state index in [4.69, 9.17) is 19.6 Å². The number of rotatable bonds is 4. The number of nitrogens with zero attached hydrogens (tertiary/aromatic N) is 1. The summed E-state index contributed by atoms with van der Waals surface area (Å²) in [6.45, 7) is 0. The Hall–Kier alpha value is -2.95. The number of nitrogen functional groups attached to an aromatic ring is 1. The molecule has 0 saturated heterocycles. The summed E-state index contributed by atoms with van der Waals surface area (Å²) >= 11 is 0. The maximum absolute atomic E-state index is 5.59. The molecule has 0 atom stereocenters. The number of oxazole rings is 1.